The van der Waals surface area contributed by atoms with Crippen LogP contribution in [-0.2, 0) is 7.05 Å². The van der Waals surface area contributed by atoms with E-state index in [1.165, 1.54) is 55.8 Å². The summed E-state index contributed by atoms with van der Waals surface area (Å²) in [7, 11) is 2.05. The maximum Gasteiger partial charge on any atom is 0.243 e. The molecule has 9 aromatic rings. The number of rotatable bonds is 12. The van der Waals surface area contributed by atoms with E-state index in [4.69, 9.17) is 9.72 Å². The Morgan fingerprint density at radius 3 is 1.58 bits per heavy atom. The Kier molecular flexibility index (Phi) is 11.7. The smallest absolute Gasteiger partial charge is 0.243 e. The Morgan fingerprint density at radius 2 is 1.00 bits per heavy atom. The monoisotopic (exact) mass is 838 g/mol. The summed E-state index contributed by atoms with van der Waals surface area (Å²) in [5.74, 6) is 3.53. The Hall–Kier alpha value is -6.98. The van der Waals surface area contributed by atoms with Gasteiger partial charge in [0.15, 0.2) is 0 Å². The Bertz CT molecular complexity index is 3040. The maximum absolute atomic E-state index is 6.78. The predicted octanol–water partition coefficient (Wildman–Crippen LogP) is 15.4. The molecule has 0 spiro atoms. The standard InChI is InChI=1S/C59H58N4O/c1-38(2)50-31-45(42-20-12-10-13-21-42)32-51(39(3)4)57(50)56-36-61(9)37-62(56)47-25-19-27-49(35-47)64-48-26-18-24-44(30-48)59-60-54-28-16-17-29-55(54)63(59)58-52(40(5)6)33-46(34-53(58)41(7)8)43-22-14-11-15-23-43/h10-36,38-41H,1-9H3. The fourth-order valence-corrected chi connectivity index (χ4v) is 9.13. The highest BCUT2D eigenvalue weighted by atomic mass is 16.5. The summed E-state index contributed by atoms with van der Waals surface area (Å²) in [6.45, 7) is 18.3. The van der Waals surface area contributed by atoms with Crippen molar-refractivity contribution in [1.82, 2.24) is 14.1 Å². The van der Waals surface area contributed by atoms with Gasteiger partial charge in [-0.2, -0.15) is 0 Å². The zero-order valence-corrected chi connectivity index (χ0v) is 38.6. The first-order valence-electron chi connectivity index (χ1n) is 22.8. The lowest BCUT2D eigenvalue weighted by Gasteiger charge is -2.24. The SMILES string of the molecule is CC(C)c1cc(-c2ccccc2)cc(C(C)C)c1-c1cn(C)[c-][n+]1-c1cccc(Oc2cccc(-c3nc4ccccc4n3-c3c(C(C)C)cc(-c4ccccc4)cc3C(C)C)c2)c1. The van der Waals surface area contributed by atoms with Gasteiger partial charge < -0.3 is 13.9 Å². The normalized spacial score (nSPS) is 11.8. The third-order valence-corrected chi connectivity index (χ3v) is 12.3. The second-order valence-electron chi connectivity index (χ2n) is 18.3. The third-order valence-electron chi connectivity index (χ3n) is 12.3. The number of aromatic nitrogens is 4. The largest absolute Gasteiger partial charge is 0.458 e. The van der Waals surface area contributed by atoms with Crippen molar-refractivity contribution in [2.75, 3.05) is 0 Å². The van der Waals surface area contributed by atoms with Gasteiger partial charge in [-0.3, -0.25) is 4.57 Å². The molecule has 2 aromatic heterocycles. The number of aryl methyl sites for hydroxylation is 1. The molecular formula is C59H58N4O. The number of benzene rings is 7. The van der Waals surface area contributed by atoms with Gasteiger partial charge in [-0.1, -0.05) is 165 Å². The molecular weight excluding hydrogens is 781 g/mol. The molecule has 0 saturated heterocycles. The number of imidazole rings is 2. The van der Waals surface area contributed by atoms with Crippen LogP contribution >= 0.6 is 0 Å². The minimum atomic E-state index is 0.273. The van der Waals surface area contributed by atoms with Crippen molar-refractivity contribution >= 4 is 11.0 Å². The molecule has 0 radical (unpaired) electrons. The average Bonchev–Trinajstić information content (AvgIpc) is 3.89. The van der Waals surface area contributed by atoms with Gasteiger partial charge in [0.05, 0.1) is 35.1 Å². The van der Waals surface area contributed by atoms with Crippen LogP contribution in [0.2, 0.25) is 0 Å². The number of para-hydroxylation sites is 2. The fourth-order valence-electron chi connectivity index (χ4n) is 9.13. The van der Waals surface area contributed by atoms with Crippen LogP contribution in [0.5, 0.6) is 11.5 Å². The molecule has 0 amide bonds. The minimum absolute atomic E-state index is 0.273. The van der Waals surface area contributed by atoms with Crippen LogP contribution in [0.3, 0.4) is 0 Å². The molecule has 2 heterocycles. The lowest BCUT2D eigenvalue weighted by atomic mass is 9.84. The summed E-state index contributed by atoms with van der Waals surface area (Å²) in [4.78, 5) is 5.34. The zero-order valence-electron chi connectivity index (χ0n) is 38.6. The molecule has 0 aliphatic carbocycles. The molecule has 0 fully saturated rings. The molecule has 0 bridgehead atoms. The summed E-state index contributed by atoms with van der Waals surface area (Å²) < 4.78 is 13.4. The van der Waals surface area contributed by atoms with Gasteiger partial charge in [0.25, 0.3) is 0 Å². The Morgan fingerprint density at radius 1 is 0.500 bits per heavy atom. The van der Waals surface area contributed by atoms with E-state index in [-0.39, 0.29) is 11.8 Å². The van der Waals surface area contributed by atoms with E-state index < -0.39 is 0 Å². The van der Waals surface area contributed by atoms with Crippen LogP contribution in [0.1, 0.15) is 101 Å². The highest BCUT2D eigenvalue weighted by Gasteiger charge is 2.25. The Labute approximate surface area is 379 Å². The number of ether oxygens (including phenoxy) is 1. The summed E-state index contributed by atoms with van der Waals surface area (Å²) in [6, 6.07) is 56.2. The number of hydrogen-bond acceptors (Lipinski definition) is 2. The van der Waals surface area contributed by atoms with E-state index in [0.29, 0.717) is 11.8 Å². The Balaban J connectivity index is 1.12. The molecule has 7 aromatic carbocycles. The molecule has 320 valence electrons. The first-order valence-corrected chi connectivity index (χ1v) is 22.8. The molecule has 0 aliphatic rings. The van der Waals surface area contributed by atoms with Crippen LogP contribution in [0.25, 0.3) is 67.3 Å². The van der Waals surface area contributed by atoms with Crippen LogP contribution in [0.4, 0.5) is 0 Å². The number of fused-ring (bicyclic) bond motifs is 1. The molecule has 5 nitrogen and oxygen atoms in total. The summed E-state index contributed by atoms with van der Waals surface area (Å²) >= 11 is 0. The van der Waals surface area contributed by atoms with Crippen molar-refractivity contribution in [3.8, 4) is 67.8 Å². The predicted molar refractivity (Wildman–Crippen MR) is 265 cm³/mol. The molecule has 0 unspecified atom stereocenters. The summed E-state index contributed by atoms with van der Waals surface area (Å²) in [6.07, 6.45) is 5.80. The molecule has 64 heavy (non-hydrogen) atoms. The van der Waals surface area contributed by atoms with Crippen molar-refractivity contribution in [2.24, 2.45) is 7.05 Å². The van der Waals surface area contributed by atoms with E-state index >= 15 is 0 Å². The van der Waals surface area contributed by atoms with E-state index in [1.807, 2.05) is 23.7 Å². The van der Waals surface area contributed by atoms with Crippen LogP contribution in [-0.4, -0.2) is 14.1 Å². The second-order valence-corrected chi connectivity index (χ2v) is 18.3. The van der Waals surface area contributed by atoms with Crippen molar-refractivity contribution in [2.45, 2.75) is 79.1 Å². The van der Waals surface area contributed by atoms with E-state index in [9.17, 15) is 0 Å². The number of hydrogen-bond donors (Lipinski definition) is 0. The van der Waals surface area contributed by atoms with Crippen LogP contribution < -0.4 is 9.30 Å². The lowest BCUT2D eigenvalue weighted by molar-refractivity contribution is -0.588. The fraction of sp³-hybridized carbons (Fsp3) is 0.220. The maximum atomic E-state index is 6.78. The molecule has 5 heteroatoms. The van der Waals surface area contributed by atoms with Crippen molar-refractivity contribution < 1.29 is 9.30 Å². The third kappa shape index (κ3) is 8.19. The second kappa shape index (κ2) is 17.7. The lowest BCUT2D eigenvalue weighted by Crippen LogP contribution is -2.32. The van der Waals surface area contributed by atoms with Crippen molar-refractivity contribution in [1.29, 1.82) is 0 Å². The summed E-state index contributed by atoms with van der Waals surface area (Å²) in [5, 5.41) is 0. The first kappa shape index (κ1) is 42.3. The average molecular weight is 839 g/mol. The van der Waals surface area contributed by atoms with Gasteiger partial charge in [0.1, 0.15) is 17.3 Å². The van der Waals surface area contributed by atoms with Gasteiger partial charge in [0, 0.05) is 11.8 Å². The van der Waals surface area contributed by atoms with Gasteiger partial charge in [-0.15, -0.1) is 0 Å². The molecule has 0 N–H and O–H groups in total. The van der Waals surface area contributed by atoms with Crippen LogP contribution in [0.15, 0.2) is 164 Å². The van der Waals surface area contributed by atoms with E-state index in [1.54, 1.807) is 0 Å². The number of nitrogens with zero attached hydrogens (tertiary/aromatic N) is 4. The van der Waals surface area contributed by atoms with E-state index in [0.717, 1.165) is 45.3 Å². The highest BCUT2D eigenvalue weighted by molar-refractivity contribution is 5.85. The van der Waals surface area contributed by atoms with Crippen molar-refractivity contribution in [3.05, 3.63) is 193 Å². The van der Waals surface area contributed by atoms with Crippen molar-refractivity contribution in [3.63, 3.8) is 0 Å². The molecule has 0 aliphatic heterocycles. The summed E-state index contributed by atoms with van der Waals surface area (Å²) in [5.41, 5.74) is 17.7. The quantitative estimate of drug-likeness (QED) is 0.0908. The van der Waals surface area contributed by atoms with E-state index in [2.05, 4.69) is 223 Å². The van der Waals surface area contributed by atoms with Crippen LogP contribution in [0, 0.1) is 6.33 Å². The minimum Gasteiger partial charge on any atom is -0.458 e. The topological polar surface area (TPSA) is 35.9 Å². The van der Waals surface area contributed by atoms with Gasteiger partial charge in [0.2, 0.25) is 6.33 Å². The zero-order chi connectivity index (χ0) is 44.6. The molecule has 0 atom stereocenters. The van der Waals surface area contributed by atoms with Gasteiger partial charge in [-0.05, 0) is 122 Å². The molecule has 0 saturated carbocycles. The highest BCUT2D eigenvalue weighted by Crippen LogP contribution is 2.42. The van der Waals surface area contributed by atoms with Gasteiger partial charge in [-0.25, -0.2) is 4.98 Å². The first-order chi connectivity index (χ1) is 30.9. The molecule has 9 rings (SSSR count). The van der Waals surface area contributed by atoms with Gasteiger partial charge >= 0.3 is 0 Å².